The molecular weight excluding hydrogens is 244 g/mol. The van der Waals surface area contributed by atoms with Crippen LogP contribution in [-0.2, 0) is 6.42 Å². The number of aliphatic hydroxyl groups excluding tert-OH is 1. The molecule has 0 saturated heterocycles. The van der Waals surface area contributed by atoms with Crippen molar-refractivity contribution in [1.82, 2.24) is 0 Å². The molecule has 1 fully saturated rings. The molecule has 0 radical (unpaired) electrons. The van der Waals surface area contributed by atoms with Crippen molar-refractivity contribution in [1.29, 1.82) is 0 Å². The molecule has 18 heavy (non-hydrogen) atoms. The molecule has 0 aliphatic heterocycles. The molecule has 2 rings (SSSR count). The van der Waals surface area contributed by atoms with E-state index < -0.39 is 0 Å². The van der Waals surface area contributed by atoms with Gasteiger partial charge in [-0.05, 0) is 42.9 Å². The normalized spacial score (nSPS) is 20.1. The lowest BCUT2D eigenvalue weighted by atomic mass is 9.85. The Hall–Kier alpha value is -0.530. The van der Waals surface area contributed by atoms with Crippen molar-refractivity contribution in [3.63, 3.8) is 0 Å². The Morgan fingerprint density at radius 2 is 1.78 bits per heavy atom. The van der Waals surface area contributed by atoms with Crippen LogP contribution in [0.25, 0.3) is 0 Å². The van der Waals surface area contributed by atoms with Crippen LogP contribution in [0.4, 0.5) is 0 Å². The van der Waals surface area contributed by atoms with Gasteiger partial charge in [-0.25, -0.2) is 0 Å². The standard InChI is InChI=1S/C16H23ClO/c17-15-10-6-7-13(11-15)12-16(18)14-8-4-2-1-3-5-9-14/h6-7,10-11,14,16,18H,1-5,8-9,12H2. The molecule has 0 spiro atoms. The molecule has 2 heteroatoms. The number of halogens is 1. The summed E-state index contributed by atoms with van der Waals surface area (Å²) < 4.78 is 0. The summed E-state index contributed by atoms with van der Waals surface area (Å²) >= 11 is 5.98. The molecule has 100 valence electrons. The number of rotatable bonds is 3. The second kappa shape index (κ2) is 7.16. The monoisotopic (exact) mass is 266 g/mol. The molecule has 0 amide bonds. The Bertz CT molecular complexity index is 356. The van der Waals surface area contributed by atoms with Gasteiger partial charge in [-0.1, -0.05) is 55.8 Å². The van der Waals surface area contributed by atoms with Gasteiger partial charge in [-0.3, -0.25) is 0 Å². The minimum Gasteiger partial charge on any atom is -0.392 e. The van der Waals surface area contributed by atoms with E-state index in [-0.39, 0.29) is 6.10 Å². The fourth-order valence-corrected chi connectivity index (χ4v) is 3.16. The van der Waals surface area contributed by atoms with Gasteiger partial charge in [0.25, 0.3) is 0 Å². The first-order valence-electron chi connectivity index (χ1n) is 7.18. The largest absolute Gasteiger partial charge is 0.392 e. The SMILES string of the molecule is OC(Cc1cccc(Cl)c1)C1CCCCCCC1. The van der Waals surface area contributed by atoms with Crippen LogP contribution in [-0.4, -0.2) is 11.2 Å². The first kappa shape index (κ1) is 13.9. The molecule has 0 heterocycles. The number of hydrogen-bond acceptors (Lipinski definition) is 1. The van der Waals surface area contributed by atoms with Gasteiger partial charge in [0.2, 0.25) is 0 Å². The van der Waals surface area contributed by atoms with E-state index in [1.165, 1.54) is 44.9 Å². The smallest absolute Gasteiger partial charge is 0.0608 e. The predicted octanol–water partition coefficient (Wildman–Crippen LogP) is 4.60. The highest BCUT2D eigenvalue weighted by Crippen LogP contribution is 2.26. The van der Waals surface area contributed by atoms with Crippen LogP contribution in [0.5, 0.6) is 0 Å². The fraction of sp³-hybridized carbons (Fsp3) is 0.625. The molecule has 1 aromatic carbocycles. The third-order valence-electron chi connectivity index (χ3n) is 4.03. The zero-order chi connectivity index (χ0) is 12.8. The summed E-state index contributed by atoms with van der Waals surface area (Å²) in [6.07, 6.45) is 9.49. The molecule has 1 unspecified atom stereocenters. The Kier molecular flexibility index (Phi) is 5.52. The summed E-state index contributed by atoms with van der Waals surface area (Å²) in [6.45, 7) is 0. The summed E-state index contributed by atoms with van der Waals surface area (Å²) in [5.41, 5.74) is 1.15. The Balaban J connectivity index is 1.91. The van der Waals surface area contributed by atoms with Crippen molar-refractivity contribution in [2.75, 3.05) is 0 Å². The minimum absolute atomic E-state index is 0.207. The maximum atomic E-state index is 10.4. The number of hydrogen-bond donors (Lipinski definition) is 1. The van der Waals surface area contributed by atoms with E-state index in [4.69, 9.17) is 11.6 Å². The Morgan fingerprint density at radius 1 is 1.11 bits per heavy atom. The van der Waals surface area contributed by atoms with Gasteiger partial charge < -0.3 is 5.11 Å². The quantitative estimate of drug-likeness (QED) is 0.847. The van der Waals surface area contributed by atoms with Crippen molar-refractivity contribution < 1.29 is 5.11 Å². The molecule has 0 aromatic heterocycles. The summed E-state index contributed by atoms with van der Waals surface area (Å²) in [7, 11) is 0. The van der Waals surface area contributed by atoms with Crippen LogP contribution in [0.15, 0.2) is 24.3 Å². The summed E-state index contributed by atoms with van der Waals surface area (Å²) in [6, 6.07) is 7.86. The summed E-state index contributed by atoms with van der Waals surface area (Å²) in [5.74, 6) is 0.476. The van der Waals surface area contributed by atoms with Crippen LogP contribution in [0.2, 0.25) is 5.02 Å². The Morgan fingerprint density at radius 3 is 2.44 bits per heavy atom. The zero-order valence-corrected chi connectivity index (χ0v) is 11.7. The van der Waals surface area contributed by atoms with Crippen LogP contribution in [0, 0.1) is 5.92 Å². The van der Waals surface area contributed by atoms with Gasteiger partial charge in [0, 0.05) is 5.02 Å². The van der Waals surface area contributed by atoms with Crippen molar-refractivity contribution in [2.45, 2.75) is 57.5 Å². The van der Waals surface area contributed by atoms with E-state index in [2.05, 4.69) is 6.07 Å². The summed E-state index contributed by atoms with van der Waals surface area (Å²) in [4.78, 5) is 0. The predicted molar refractivity (Wildman–Crippen MR) is 77.0 cm³/mol. The molecule has 1 aromatic rings. The van der Waals surface area contributed by atoms with E-state index in [0.29, 0.717) is 5.92 Å². The average molecular weight is 267 g/mol. The van der Waals surface area contributed by atoms with E-state index in [0.717, 1.165) is 17.0 Å². The van der Waals surface area contributed by atoms with Gasteiger partial charge in [0.05, 0.1) is 6.10 Å². The van der Waals surface area contributed by atoms with E-state index >= 15 is 0 Å². The molecule has 1 saturated carbocycles. The van der Waals surface area contributed by atoms with Gasteiger partial charge in [0.15, 0.2) is 0 Å². The highest BCUT2D eigenvalue weighted by molar-refractivity contribution is 6.30. The van der Waals surface area contributed by atoms with Gasteiger partial charge in [-0.2, -0.15) is 0 Å². The lowest BCUT2D eigenvalue weighted by Gasteiger charge is -2.25. The Labute approximate surface area is 115 Å². The van der Waals surface area contributed by atoms with Crippen molar-refractivity contribution >= 4 is 11.6 Å². The fourth-order valence-electron chi connectivity index (χ4n) is 2.94. The molecule has 1 nitrogen and oxygen atoms in total. The van der Waals surface area contributed by atoms with E-state index in [9.17, 15) is 5.11 Å². The number of benzene rings is 1. The third-order valence-corrected chi connectivity index (χ3v) is 4.26. The molecular formula is C16H23ClO. The van der Waals surface area contributed by atoms with Gasteiger partial charge in [-0.15, -0.1) is 0 Å². The van der Waals surface area contributed by atoms with Crippen molar-refractivity contribution in [2.24, 2.45) is 5.92 Å². The van der Waals surface area contributed by atoms with Crippen molar-refractivity contribution in [3.05, 3.63) is 34.9 Å². The number of aliphatic hydroxyl groups is 1. The second-order valence-corrected chi connectivity index (χ2v) is 5.94. The van der Waals surface area contributed by atoms with E-state index in [1.807, 2.05) is 18.2 Å². The van der Waals surface area contributed by atoms with Crippen LogP contribution in [0.1, 0.15) is 50.5 Å². The molecule has 1 atom stereocenters. The lowest BCUT2D eigenvalue weighted by molar-refractivity contribution is 0.0913. The highest BCUT2D eigenvalue weighted by atomic mass is 35.5. The van der Waals surface area contributed by atoms with Gasteiger partial charge in [0.1, 0.15) is 0 Å². The molecule has 1 aliphatic rings. The van der Waals surface area contributed by atoms with E-state index in [1.54, 1.807) is 0 Å². The molecule has 1 aliphatic carbocycles. The summed E-state index contributed by atoms with van der Waals surface area (Å²) in [5, 5.41) is 11.2. The maximum Gasteiger partial charge on any atom is 0.0608 e. The second-order valence-electron chi connectivity index (χ2n) is 5.51. The van der Waals surface area contributed by atoms with Crippen LogP contribution < -0.4 is 0 Å². The van der Waals surface area contributed by atoms with Crippen LogP contribution in [0.3, 0.4) is 0 Å². The third kappa shape index (κ3) is 4.29. The van der Waals surface area contributed by atoms with Crippen molar-refractivity contribution in [3.8, 4) is 0 Å². The molecule has 1 N–H and O–H groups in total. The maximum absolute atomic E-state index is 10.4. The first-order chi connectivity index (χ1) is 8.75. The molecule has 0 bridgehead atoms. The van der Waals surface area contributed by atoms with Crippen LogP contribution >= 0.6 is 11.6 Å². The topological polar surface area (TPSA) is 20.2 Å². The lowest BCUT2D eigenvalue weighted by Crippen LogP contribution is -2.23. The highest BCUT2D eigenvalue weighted by Gasteiger charge is 2.20. The average Bonchev–Trinajstić information content (AvgIpc) is 2.28. The van der Waals surface area contributed by atoms with Gasteiger partial charge >= 0.3 is 0 Å². The zero-order valence-electron chi connectivity index (χ0n) is 10.9. The minimum atomic E-state index is -0.207. The first-order valence-corrected chi connectivity index (χ1v) is 7.56.